The van der Waals surface area contributed by atoms with E-state index in [9.17, 15) is 0 Å². The molecule has 0 aliphatic heterocycles. The van der Waals surface area contributed by atoms with Gasteiger partial charge in [0.15, 0.2) is 0 Å². The van der Waals surface area contributed by atoms with Gasteiger partial charge in [0.2, 0.25) is 0 Å². The molecule has 4 nitrogen and oxygen atoms in total. The van der Waals surface area contributed by atoms with E-state index in [1.165, 1.54) is 83.6 Å². The zero-order chi connectivity index (χ0) is 43.4. The van der Waals surface area contributed by atoms with Gasteiger partial charge in [0.05, 0.1) is 11.0 Å². The lowest BCUT2D eigenvalue weighted by Gasteiger charge is -2.24. The first-order valence-corrected chi connectivity index (χ1v) is 22.6. The molecule has 1 heterocycles. The van der Waals surface area contributed by atoms with Gasteiger partial charge in [0.1, 0.15) is 0 Å². The van der Waals surface area contributed by atoms with Crippen LogP contribution >= 0.6 is 0 Å². The van der Waals surface area contributed by atoms with Gasteiger partial charge < -0.3 is 19.3 Å². The molecule has 0 aliphatic carbocycles. The molecule has 0 unspecified atom stereocenters. The molecule has 10 aromatic rings. The fraction of sp³-hybridized carbons (Fsp3) is 0.100. The number of fused-ring (bicyclic) bond motifs is 3. The van der Waals surface area contributed by atoms with Crippen LogP contribution in [0.2, 0.25) is 0 Å². The maximum atomic E-state index is 2.43. The fourth-order valence-corrected chi connectivity index (χ4v) is 9.33. The molecule has 0 saturated heterocycles. The van der Waals surface area contributed by atoms with Crippen LogP contribution in [0.25, 0.3) is 60.9 Å². The van der Waals surface area contributed by atoms with Crippen LogP contribution in [0.3, 0.4) is 0 Å². The lowest BCUT2D eigenvalue weighted by molar-refractivity contribution is 1.02. The van der Waals surface area contributed by atoms with Crippen LogP contribution in [0.1, 0.15) is 20.8 Å². The van der Waals surface area contributed by atoms with Gasteiger partial charge in [0, 0.05) is 70.2 Å². The summed E-state index contributed by atoms with van der Waals surface area (Å²) >= 11 is 0. The van der Waals surface area contributed by atoms with Crippen molar-refractivity contribution in [3.63, 3.8) is 0 Å². The van der Waals surface area contributed by atoms with E-state index in [1.807, 2.05) is 0 Å². The zero-order valence-electron chi connectivity index (χ0n) is 36.8. The van der Waals surface area contributed by atoms with Gasteiger partial charge in [-0.05, 0) is 151 Å². The number of rotatable bonds is 13. The van der Waals surface area contributed by atoms with Crippen molar-refractivity contribution in [2.24, 2.45) is 0 Å². The van der Waals surface area contributed by atoms with E-state index in [1.54, 1.807) is 0 Å². The third kappa shape index (κ3) is 7.80. The van der Waals surface area contributed by atoms with Gasteiger partial charge in [-0.3, -0.25) is 0 Å². The average molecular weight is 829 g/mol. The van der Waals surface area contributed by atoms with Gasteiger partial charge in [-0.2, -0.15) is 0 Å². The van der Waals surface area contributed by atoms with Crippen molar-refractivity contribution in [2.75, 3.05) is 34.3 Å². The first kappa shape index (κ1) is 40.3. The van der Waals surface area contributed by atoms with E-state index in [4.69, 9.17) is 0 Å². The molecule has 0 radical (unpaired) electrons. The summed E-state index contributed by atoms with van der Waals surface area (Å²) in [5.41, 5.74) is 17.9. The van der Waals surface area contributed by atoms with Gasteiger partial charge in [-0.15, -0.1) is 0 Å². The highest BCUT2D eigenvalue weighted by molar-refractivity contribution is 6.11. The van der Waals surface area contributed by atoms with E-state index < -0.39 is 0 Å². The first-order chi connectivity index (χ1) is 31.6. The molecule has 0 aliphatic rings. The molecular weight excluding hydrogens is 777 g/mol. The minimum atomic E-state index is 0.840. The van der Waals surface area contributed by atoms with Crippen LogP contribution in [0.5, 0.6) is 0 Å². The van der Waals surface area contributed by atoms with E-state index in [0.29, 0.717) is 0 Å². The molecule has 0 fully saturated rings. The number of anilines is 6. The van der Waals surface area contributed by atoms with E-state index >= 15 is 0 Å². The Morgan fingerprint density at radius 2 is 0.547 bits per heavy atom. The number of hydrogen-bond acceptors (Lipinski definition) is 3. The van der Waals surface area contributed by atoms with Crippen molar-refractivity contribution in [1.29, 1.82) is 0 Å². The maximum absolute atomic E-state index is 2.43. The number of nitrogens with zero attached hydrogens (tertiary/aromatic N) is 4. The zero-order valence-corrected chi connectivity index (χ0v) is 36.8. The predicted octanol–water partition coefficient (Wildman–Crippen LogP) is 16.3. The van der Waals surface area contributed by atoms with Crippen molar-refractivity contribution in [1.82, 2.24) is 4.57 Å². The standard InChI is InChI=1S/C60H52N4/c1-4-61(50-28-22-47(23-29-50)44-16-10-7-11-17-44)53-34-36-54(37-35-53)64-59-40-38-55(62(5-2)51-30-24-48(25-31-51)45-18-12-8-13-19-45)42-57(59)58-43-56(39-41-60(58)64)63(6-3)52-32-26-49(27-33-52)46-20-14-9-15-21-46/h7-43H,4-6H2,1-3H3. The molecule has 0 amide bonds. The minimum Gasteiger partial charge on any atom is -0.342 e. The second-order valence-corrected chi connectivity index (χ2v) is 16.2. The van der Waals surface area contributed by atoms with Crippen molar-refractivity contribution in [3.05, 3.63) is 224 Å². The summed E-state index contributed by atoms with van der Waals surface area (Å²) in [6.45, 7) is 9.22. The second-order valence-electron chi connectivity index (χ2n) is 16.2. The number of hydrogen-bond donors (Lipinski definition) is 0. The van der Waals surface area contributed by atoms with Crippen LogP contribution in [0.15, 0.2) is 224 Å². The molecule has 0 saturated carbocycles. The lowest BCUT2D eigenvalue weighted by Crippen LogP contribution is -2.16. The Morgan fingerprint density at radius 3 is 0.859 bits per heavy atom. The molecule has 64 heavy (non-hydrogen) atoms. The molecule has 312 valence electrons. The summed E-state index contributed by atoms with van der Waals surface area (Å²) in [7, 11) is 0. The number of benzene rings is 9. The molecule has 1 aromatic heterocycles. The van der Waals surface area contributed by atoms with Crippen molar-refractivity contribution < 1.29 is 0 Å². The minimum absolute atomic E-state index is 0.840. The highest BCUT2D eigenvalue weighted by Gasteiger charge is 2.19. The SMILES string of the molecule is CCN(c1ccc(-c2ccccc2)cc1)c1ccc(-n2c3ccc(N(CC)c4ccc(-c5ccccc5)cc4)cc3c3cc(N(CC)c4ccc(-c5ccccc5)cc4)ccc32)cc1. The monoisotopic (exact) mass is 828 g/mol. The fourth-order valence-electron chi connectivity index (χ4n) is 9.33. The number of aromatic nitrogens is 1. The maximum Gasteiger partial charge on any atom is 0.0542 e. The van der Waals surface area contributed by atoms with Crippen LogP contribution in [-0.2, 0) is 0 Å². The third-order valence-electron chi connectivity index (χ3n) is 12.6. The topological polar surface area (TPSA) is 14.7 Å². The summed E-state index contributed by atoms with van der Waals surface area (Å²) < 4.78 is 2.43. The highest BCUT2D eigenvalue weighted by Crippen LogP contribution is 2.40. The van der Waals surface area contributed by atoms with Gasteiger partial charge in [-0.1, -0.05) is 127 Å². The van der Waals surface area contributed by atoms with Gasteiger partial charge in [0.25, 0.3) is 0 Å². The van der Waals surface area contributed by atoms with Gasteiger partial charge in [-0.25, -0.2) is 0 Å². The Hall–Kier alpha value is -7.82. The van der Waals surface area contributed by atoms with E-state index in [2.05, 4.69) is 264 Å². The Balaban J connectivity index is 1.04. The first-order valence-electron chi connectivity index (χ1n) is 22.6. The predicted molar refractivity (Wildman–Crippen MR) is 274 cm³/mol. The van der Waals surface area contributed by atoms with Crippen molar-refractivity contribution in [3.8, 4) is 39.1 Å². The van der Waals surface area contributed by atoms with Crippen LogP contribution in [-0.4, -0.2) is 24.2 Å². The largest absolute Gasteiger partial charge is 0.342 e. The summed E-state index contributed by atoms with van der Waals surface area (Å²) in [6, 6.07) is 81.7. The Labute approximate surface area is 377 Å². The van der Waals surface area contributed by atoms with Crippen molar-refractivity contribution in [2.45, 2.75) is 20.8 Å². The summed E-state index contributed by atoms with van der Waals surface area (Å²) in [4.78, 5) is 7.20. The molecule has 0 N–H and O–H groups in total. The summed E-state index contributed by atoms with van der Waals surface area (Å²) in [5, 5.41) is 2.45. The molecule has 9 aromatic carbocycles. The van der Waals surface area contributed by atoms with Crippen molar-refractivity contribution >= 4 is 55.9 Å². The summed E-state index contributed by atoms with van der Waals surface area (Å²) in [6.07, 6.45) is 0. The third-order valence-corrected chi connectivity index (χ3v) is 12.6. The van der Waals surface area contributed by atoms with Gasteiger partial charge >= 0.3 is 0 Å². The molecule has 0 spiro atoms. The molecule has 0 bridgehead atoms. The van der Waals surface area contributed by atoms with E-state index in [-0.39, 0.29) is 0 Å². The quantitative estimate of drug-likeness (QED) is 0.115. The Kier molecular flexibility index (Phi) is 11.2. The normalized spacial score (nSPS) is 11.2. The highest BCUT2D eigenvalue weighted by atomic mass is 15.1. The Bertz CT molecular complexity index is 2970. The van der Waals surface area contributed by atoms with Crippen LogP contribution in [0, 0.1) is 0 Å². The molecule has 4 heteroatoms. The molecular formula is C60H52N4. The molecule has 10 rings (SSSR count). The van der Waals surface area contributed by atoms with E-state index in [0.717, 1.165) is 31.0 Å². The smallest absolute Gasteiger partial charge is 0.0542 e. The summed E-state index contributed by atoms with van der Waals surface area (Å²) in [5.74, 6) is 0. The second kappa shape index (κ2) is 17.9. The Morgan fingerprint density at radius 1 is 0.281 bits per heavy atom. The van der Waals surface area contributed by atoms with Crippen LogP contribution in [0.4, 0.5) is 34.1 Å². The average Bonchev–Trinajstić information content (AvgIpc) is 3.69. The lowest BCUT2D eigenvalue weighted by atomic mass is 10.0. The van der Waals surface area contributed by atoms with Crippen LogP contribution < -0.4 is 14.7 Å². The molecule has 0 atom stereocenters.